The highest BCUT2D eigenvalue weighted by molar-refractivity contribution is 6.33. The second kappa shape index (κ2) is 9.64. The van der Waals surface area contributed by atoms with Gasteiger partial charge in [-0.15, -0.1) is 0 Å². The molecule has 2 N–H and O–H groups in total. The van der Waals surface area contributed by atoms with Gasteiger partial charge in [0.2, 0.25) is 5.91 Å². The zero-order valence-electron chi connectivity index (χ0n) is 18.7. The number of hydrogen-bond acceptors (Lipinski definition) is 3. The lowest BCUT2D eigenvalue weighted by atomic mass is 9.85. The Bertz CT molecular complexity index is 1110. The number of carbonyl (C=O) groups is 2. The Balaban J connectivity index is 1.65. The van der Waals surface area contributed by atoms with Crippen LogP contribution in [0.4, 0.5) is 18.9 Å². The lowest BCUT2D eigenvalue weighted by Gasteiger charge is -2.27. The molecule has 3 unspecified atom stereocenters. The Morgan fingerprint density at radius 3 is 2.20 bits per heavy atom. The molecular formula is C25H24Cl2F3NO4. The summed E-state index contributed by atoms with van der Waals surface area (Å²) in [4.78, 5) is 25.2. The van der Waals surface area contributed by atoms with E-state index in [9.17, 15) is 27.9 Å². The molecule has 1 amide bonds. The summed E-state index contributed by atoms with van der Waals surface area (Å²) in [5.74, 6) is -5.40. The number of alkyl halides is 3. The van der Waals surface area contributed by atoms with Crippen LogP contribution in [0.3, 0.4) is 0 Å². The first-order chi connectivity index (χ1) is 16.4. The zero-order valence-corrected chi connectivity index (χ0v) is 20.3. The minimum absolute atomic E-state index is 0.0348. The Morgan fingerprint density at radius 2 is 1.69 bits per heavy atom. The highest BCUT2D eigenvalue weighted by Crippen LogP contribution is 2.58. The Kier molecular flexibility index (Phi) is 7.10. The fourth-order valence-electron chi connectivity index (χ4n) is 4.19. The van der Waals surface area contributed by atoms with Crippen LogP contribution in [-0.2, 0) is 14.3 Å². The SMILES string of the molecule is CC(C(C(=O)Nc1cc(C(OC2CC2)C2(C(=O)O)CC2)ccc1Cl)c1ccc(Cl)cc1)C(F)(F)F. The maximum absolute atomic E-state index is 13.6. The van der Waals surface area contributed by atoms with Crippen molar-refractivity contribution < 1.29 is 32.6 Å². The van der Waals surface area contributed by atoms with E-state index in [0.717, 1.165) is 19.8 Å². The number of nitrogens with one attached hydrogen (secondary N) is 1. The zero-order chi connectivity index (χ0) is 25.5. The standard InChI is InChI=1S/C25H24Cl2F3NO4/c1-13(25(28,29)30)20(14-2-5-16(26)6-3-14)22(32)31-19-12-15(4-9-18(19)27)21(35-17-7-8-17)24(10-11-24)23(33)34/h2-6,9,12-13,17,20-21H,7-8,10-11H2,1H3,(H,31,32)(H,33,34). The van der Waals surface area contributed by atoms with Crippen LogP contribution in [0.25, 0.3) is 0 Å². The molecule has 0 aliphatic heterocycles. The van der Waals surface area contributed by atoms with Crippen molar-refractivity contribution in [1.82, 2.24) is 0 Å². The number of hydrogen-bond donors (Lipinski definition) is 2. The van der Waals surface area contributed by atoms with Gasteiger partial charge in [0.15, 0.2) is 0 Å². The van der Waals surface area contributed by atoms with E-state index in [2.05, 4.69) is 5.32 Å². The summed E-state index contributed by atoms with van der Waals surface area (Å²) < 4.78 is 47.0. The molecule has 0 spiro atoms. The van der Waals surface area contributed by atoms with Gasteiger partial charge in [0.1, 0.15) is 0 Å². The number of carbonyl (C=O) groups excluding carboxylic acids is 1. The monoisotopic (exact) mass is 529 g/mol. The van der Waals surface area contributed by atoms with Gasteiger partial charge < -0.3 is 15.2 Å². The van der Waals surface area contributed by atoms with E-state index < -0.39 is 41.4 Å². The van der Waals surface area contributed by atoms with Crippen LogP contribution in [0, 0.1) is 11.3 Å². The highest BCUT2D eigenvalue weighted by Gasteiger charge is 2.58. The maximum Gasteiger partial charge on any atom is 0.392 e. The molecule has 2 aliphatic rings. The summed E-state index contributed by atoms with van der Waals surface area (Å²) >= 11 is 12.2. The van der Waals surface area contributed by atoms with Crippen LogP contribution < -0.4 is 5.32 Å². The van der Waals surface area contributed by atoms with Crippen molar-refractivity contribution in [3.05, 3.63) is 63.6 Å². The van der Waals surface area contributed by atoms with Crippen molar-refractivity contribution in [2.75, 3.05) is 5.32 Å². The molecule has 2 aromatic rings. The third kappa shape index (κ3) is 5.60. The summed E-state index contributed by atoms with van der Waals surface area (Å²) in [5, 5.41) is 12.8. The quantitative estimate of drug-likeness (QED) is 0.366. The third-order valence-electron chi connectivity index (χ3n) is 6.65. The number of carboxylic acids is 1. The van der Waals surface area contributed by atoms with Gasteiger partial charge in [-0.1, -0.05) is 48.3 Å². The molecule has 0 saturated heterocycles. The number of anilines is 1. The van der Waals surface area contributed by atoms with Crippen molar-refractivity contribution in [1.29, 1.82) is 0 Å². The van der Waals surface area contributed by atoms with Gasteiger partial charge in [0, 0.05) is 5.02 Å². The second-order valence-corrected chi connectivity index (χ2v) is 10.1. The average molecular weight is 530 g/mol. The fourth-order valence-corrected chi connectivity index (χ4v) is 4.48. The molecule has 0 heterocycles. The summed E-state index contributed by atoms with van der Waals surface area (Å²) in [6.45, 7) is 0.945. The number of aliphatic carboxylic acids is 1. The van der Waals surface area contributed by atoms with Crippen molar-refractivity contribution in [2.24, 2.45) is 11.3 Å². The van der Waals surface area contributed by atoms with Crippen molar-refractivity contribution in [3.63, 3.8) is 0 Å². The lowest BCUT2D eigenvalue weighted by Crippen LogP contribution is -2.34. The van der Waals surface area contributed by atoms with Crippen LogP contribution in [0.15, 0.2) is 42.5 Å². The number of amides is 1. The molecule has 2 saturated carbocycles. The highest BCUT2D eigenvalue weighted by atomic mass is 35.5. The van der Waals surface area contributed by atoms with Crippen molar-refractivity contribution in [3.8, 4) is 0 Å². The van der Waals surface area contributed by atoms with Crippen LogP contribution in [0.1, 0.15) is 55.8 Å². The molecular weight excluding hydrogens is 506 g/mol. The summed E-state index contributed by atoms with van der Waals surface area (Å²) in [7, 11) is 0. The van der Waals surface area contributed by atoms with Crippen LogP contribution in [0.2, 0.25) is 10.0 Å². The Labute approximate surface area is 210 Å². The topological polar surface area (TPSA) is 75.6 Å². The lowest BCUT2D eigenvalue weighted by molar-refractivity contribution is -0.178. The number of carboxylic acid groups (broad SMARTS) is 1. The third-order valence-corrected chi connectivity index (χ3v) is 7.23. The smallest absolute Gasteiger partial charge is 0.392 e. The number of halogens is 5. The Morgan fingerprint density at radius 1 is 1.09 bits per heavy atom. The largest absolute Gasteiger partial charge is 0.481 e. The normalized spacial score (nSPS) is 19.5. The molecule has 3 atom stereocenters. The summed E-state index contributed by atoms with van der Waals surface area (Å²) in [6.07, 6.45) is -2.84. The van der Waals surface area contributed by atoms with Crippen LogP contribution >= 0.6 is 23.2 Å². The molecule has 2 aliphatic carbocycles. The maximum atomic E-state index is 13.6. The van der Waals surface area contributed by atoms with E-state index in [0.29, 0.717) is 23.4 Å². The van der Waals surface area contributed by atoms with Gasteiger partial charge in [-0.3, -0.25) is 9.59 Å². The number of rotatable bonds is 9. The van der Waals surface area contributed by atoms with E-state index in [4.69, 9.17) is 27.9 Å². The molecule has 0 radical (unpaired) electrons. The van der Waals surface area contributed by atoms with Crippen LogP contribution in [0.5, 0.6) is 0 Å². The van der Waals surface area contributed by atoms with Gasteiger partial charge in [0.05, 0.1) is 40.2 Å². The molecule has 188 valence electrons. The van der Waals surface area contributed by atoms with E-state index in [1.807, 2.05) is 0 Å². The second-order valence-electron chi connectivity index (χ2n) is 9.26. The van der Waals surface area contributed by atoms with Gasteiger partial charge in [-0.2, -0.15) is 13.2 Å². The molecule has 2 fully saturated rings. The number of benzene rings is 2. The molecule has 5 nitrogen and oxygen atoms in total. The molecule has 2 aromatic carbocycles. The Hall–Kier alpha value is -2.29. The van der Waals surface area contributed by atoms with E-state index in [-0.39, 0.29) is 22.4 Å². The fraction of sp³-hybridized carbons (Fsp3) is 0.440. The first kappa shape index (κ1) is 25.8. The van der Waals surface area contributed by atoms with Crippen molar-refractivity contribution in [2.45, 2.75) is 56.9 Å². The average Bonchev–Trinajstić information content (AvgIpc) is 3.69. The van der Waals surface area contributed by atoms with Gasteiger partial charge in [0.25, 0.3) is 0 Å². The van der Waals surface area contributed by atoms with Crippen LogP contribution in [-0.4, -0.2) is 29.3 Å². The summed E-state index contributed by atoms with van der Waals surface area (Å²) in [5.41, 5.74) is -0.313. The first-order valence-electron chi connectivity index (χ1n) is 11.2. The van der Waals surface area contributed by atoms with E-state index in [1.165, 1.54) is 36.4 Å². The van der Waals surface area contributed by atoms with Gasteiger partial charge in [-0.25, -0.2) is 0 Å². The van der Waals surface area contributed by atoms with E-state index >= 15 is 0 Å². The molecule has 0 bridgehead atoms. The van der Waals surface area contributed by atoms with Gasteiger partial charge in [-0.05, 0) is 61.1 Å². The molecule has 4 rings (SSSR count). The minimum atomic E-state index is -4.63. The molecule has 35 heavy (non-hydrogen) atoms. The number of ether oxygens (including phenoxy) is 1. The van der Waals surface area contributed by atoms with Crippen molar-refractivity contribution >= 4 is 40.8 Å². The minimum Gasteiger partial charge on any atom is -0.481 e. The predicted molar refractivity (Wildman–Crippen MR) is 126 cm³/mol. The van der Waals surface area contributed by atoms with E-state index in [1.54, 1.807) is 6.07 Å². The summed E-state index contributed by atoms with van der Waals surface area (Å²) in [6, 6.07) is 10.2. The van der Waals surface area contributed by atoms with Gasteiger partial charge >= 0.3 is 12.1 Å². The first-order valence-corrected chi connectivity index (χ1v) is 12.0. The molecule has 10 heteroatoms. The molecule has 0 aromatic heterocycles. The predicted octanol–water partition coefficient (Wildman–Crippen LogP) is 7.00.